The Hall–Kier alpha value is -2.28. The van der Waals surface area contributed by atoms with Crippen LogP contribution in [0.3, 0.4) is 0 Å². The van der Waals surface area contributed by atoms with Crippen molar-refractivity contribution in [1.82, 2.24) is 4.90 Å². The summed E-state index contributed by atoms with van der Waals surface area (Å²) in [7, 11) is 0. The van der Waals surface area contributed by atoms with E-state index in [1.807, 2.05) is 31.2 Å². The Labute approximate surface area is 186 Å². The van der Waals surface area contributed by atoms with Crippen molar-refractivity contribution in [2.45, 2.75) is 13.3 Å². The lowest BCUT2D eigenvalue weighted by atomic mass is 10.1. The van der Waals surface area contributed by atoms with Crippen LogP contribution in [0.25, 0.3) is 0 Å². The normalized spacial score (nSPS) is 13.8. The maximum atomic E-state index is 13.0. The van der Waals surface area contributed by atoms with Crippen molar-refractivity contribution in [3.05, 3.63) is 58.1 Å². The molecule has 2 aromatic rings. The quantitative estimate of drug-likeness (QED) is 0.683. The molecule has 6 nitrogen and oxygen atoms in total. The van der Waals surface area contributed by atoms with Gasteiger partial charge in [-0.3, -0.25) is 9.59 Å². The average molecular weight is 450 g/mol. The molecule has 1 saturated heterocycles. The summed E-state index contributed by atoms with van der Waals surface area (Å²) in [6.07, 6.45) is 0.743. The number of halogens is 2. The van der Waals surface area contributed by atoms with E-state index in [-0.39, 0.29) is 18.4 Å². The molecule has 0 saturated carbocycles. The van der Waals surface area contributed by atoms with Crippen LogP contribution in [0.4, 0.5) is 11.4 Å². The van der Waals surface area contributed by atoms with E-state index in [1.54, 1.807) is 23.1 Å². The van der Waals surface area contributed by atoms with Crippen molar-refractivity contribution in [1.29, 1.82) is 0 Å². The van der Waals surface area contributed by atoms with Gasteiger partial charge in [-0.15, -0.1) is 0 Å². The van der Waals surface area contributed by atoms with Gasteiger partial charge in [0.15, 0.2) is 0 Å². The summed E-state index contributed by atoms with van der Waals surface area (Å²) in [6.45, 7) is 5.47. The van der Waals surface area contributed by atoms with Crippen LogP contribution >= 0.6 is 23.2 Å². The molecule has 8 heteroatoms. The first-order chi connectivity index (χ1) is 14.5. The second-order valence-corrected chi connectivity index (χ2v) is 7.89. The first-order valence-corrected chi connectivity index (χ1v) is 10.7. The Morgan fingerprint density at radius 1 is 1.10 bits per heavy atom. The smallest absolute Gasteiger partial charge is 0.254 e. The van der Waals surface area contributed by atoms with E-state index in [0.717, 1.165) is 25.2 Å². The molecule has 2 amide bonds. The van der Waals surface area contributed by atoms with E-state index < -0.39 is 0 Å². The van der Waals surface area contributed by atoms with E-state index in [0.29, 0.717) is 41.1 Å². The highest BCUT2D eigenvalue weighted by molar-refractivity contribution is 6.36. The molecular formula is C22H25Cl2N3O3. The Morgan fingerprint density at radius 2 is 1.80 bits per heavy atom. The molecule has 0 bridgehead atoms. The van der Waals surface area contributed by atoms with Gasteiger partial charge in [0.1, 0.15) is 6.54 Å². The van der Waals surface area contributed by atoms with Gasteiger partial charge >= 0.3 is 0 Å². The highest BCUT2D eigenvalue weighted by atomic mass is 35.5. The number of carbonyl (C=O) groups is 2. The number of ether oxygens (including phenoxy) is 1. The van der Waals surface area contributed by atoms with E-state index in [9.17, 15) is 9.59 Å². The largest absolute Gasteiger partial charge is 0.378 e. The van der Waals surface area contributed by atoms with Crippen molar-refractivity contribution >= 4 is 46.4 Å². The Balaban J connectivity index is 1.65. The molecule has 160 valence electrons. The molecule has 0 aliphatic carbocycles. The van der Waals surface area contributed by atoms with Crippen LogP contribution in [0.15, 0.2) is 42.5 Å². The summed E-state index contributed by atoms with van der Waals surface area (Å²) in [5.74, 6) is -0.492. The number of nitrogens with one attached hydrogen (secondary N) is 1. The summed E-state index contributed by atoms with van der Waals surface area (Å²) in [5, 5.41) is 3.58. The van der Waals surface area contributed by atoms with Crippen molar-refractivity contribution in [2.24, 2.45) is 0 Å². The number of anilines is 2. The van der Waals surface area contributed by atoms with Gasteiger partial charge in [-0.05, 0) is 48.9 Å². The molecule has 0 aromatic heterocycles. The first kappa shape index (κ1) is 22.4. The van der Waals surface area contributed by atoms with Crippen LogP contribution < -0.4 is 10.2 Å². The predicted molar refractivity (Wildman–Crippen MR) is 121 cm³/mol. The van der Waals surface area contributed by atoms with Crippen molar-refractivity contribution in [3.8, 4) is 0 Å². The van der Waals surface area contributed by atoms with Gasteiger partial charge < -0.3 is 19.9 Å². The molecule has 1 fully saturated rings. The van der Waals surface area contributed by atoms with Crippen LogP contribution in [0, 0.1) is 0 Å². The molecule has 1 aliphatic rings. The molecule has 0 unspecified atom stereocenters. The fraction of sp³-hybridized carbons (Fsp3) is 0.364. The molecule has 1 aliphatic heterocycles. The summed E-state index contributed by atoms with van der Waals surface area (Å²) in [5.41, 5.74) is 2.08. The van der Waals surface area contributed by atoms with Crippen LogP contribution in [0.2, 0.25) is 10.0 Å². The summed E-state index contributed by atoms with van der Waals surface area (Å²) in [6, 6.07) is 12.3. The molecule has 1 N–H and O–H groups in total. The number of hydrogen-bond donors (Lipinski definition) is 1. The monoisotopic (exact) mass is 449 g/mol. The van der Waals surface area contributed by atoms with E-state index >= 15 is 0 Å². The van der Waals surface area contributed by atoms with E-state index in [2.05, 4.69) is 10.2 Å². The van der Waals surface area contributed by atoms with Crippen molar-refractivity contribution < 1.29 is 14.3 Å². The van der Waals surface area contributed by atoms with Crippen LogP contribution in [0.5, 0.6) is 0 Å². The maximum absolute atomic E-state index is 13.0. The molecular weight excluding hydrogens is 425 g/mol. The minimum Gasteiger partial charge on any atom is -0.378 e. The predicted octanol–water partition coefficient (Wildman–Crippen LogP) is 4.32. The van der Waals surface area contributed by atoms with E-state index in [4.69, 9.17) is 27.9 Å². The lowest BCUT2D eigenvalue weighted by molar-refractivity contribution is -0.116. The molecule has 0 atom stereocenters. The van der Waals surface area contributed by atoms with Gasteiger partial charge in [0.2, 0.25) is 5.91 Å². The molecule has 2 aromatic carbocycles. The van der Waals surface area contributed by atoms with Gasteiger partial charge in [-0.2, -0.15) is 0 Å². The third kappa shape index (κ3) is 5.88. The van der Waals surface area contributed by atoms with Gasteiger partial charge in [0, 0.05) is 35.9 Å². The van der Waals surface area contributed by atoms with Crippen molar-refractivity contribution in [3.63, 3.8) is 0 Å². The lowest BCUT2D eigenvalue weighted by Gasteiger charge is -2.29. The number of benzene rings is 2. The second-order valence-electron chi connectivity index (χ2n) is 7.05. The van der Waals surface area contributed by atoms with Gasteiger partial charge in [0.25, 0.3) is 5.91 Å². The minimum absolute atomic E-state index is 0.0587. The van der Waals surface area contributed by atoms with Gasteiger partial charge in [-0.1, -0.05) is 30.1 Å². The minimum atomic E-state index is -0.314. The molecule has 30 heavy (non-hydrogen) atoms. The van der Waals surface area contributed by atoms with E-state index in [1.165, 1.54) is 0 Å². The second kappa shape index (κ2) is 10.7. The Bertz CT molecular complexity index is 884. The molecule has 1 heterocycles. The molecule has 0 radical (unpaired) electrons. The first-order valence-electron chi connectivity index (χ1n) is 9.95. The number of carbonyl (C=O) groups excluding carboxylic acids is 2. The topological polar surface area (TPSA) is 61.9 Å². The Kier molecular flexibility index (Phi) is 7.96. The zero-order valence-electron chi connectivity index (χ0n) is 16.9. The van der Waals surface area contributed by atoms with Gasteiger partial charge in [0.05, 0.1) is 23.9 Å². The number of amides is 2. The van der Waals surface area contributed by atoms with Crippen LogP contribution in [-0.4, -0.2) is 56.1 Å². The van der Waals surface area contributed by atoms with Gasteiger partial charge in [-0.25, -0.2) is 0 Å². The SMILES string of the molecule is CCCN(CC(=O)Nc1ccc(Cl)cc1Cl)C(=O)c1ccc(N2CCOCC2)cc1. The lowest BCUT2D eigenvalue weighted by Crippen LogP contribution is -2.38. The third-order valence-electron chi connectivity index (χ3n) is 4.81. The average Bonchev–Trinajstić information content (AvgIpc) is 2.76. The maximum Gasteiger partial charge on any atom is 0.254 e. The standard InChI is InChI=1S/C22H25Cl2N3O3/c1-2-9-27(15-21(28)25-20-8-5-17(23)14-19(20)24)22(29)16-3-6-18(7-4-16)26-10-12-30-13-11-26/h3-8,14H,2,9-13,15H2,1H3,(H,25,28). The number of nitrogens with zero attached hydrogens (tertiary/aromatic N) is 2. The molecule has 3 rings (SSSR count). The highest BCUT2D eigenvalue weighted by Gasteiger charge is 2.19. The van der Waals surface area contributed by atoms with Crippen molar-refractivity contribution in [2.75, 3.05) is 49.6 Å². The third-order valence-corrected chi connectivity index (χ3v) is 5.36. The number of rotatable bonds is 7. The summed E-state index contributed by atoms with van der Waals surface area (Å²) in [4.78, 5) is 29.3. The zero-order valence-corrected chi connectivity index (χ0v) is 18.4. The van der Waals surface area contributed by atoms with Crippen LogP contribution in [0.1, 0.15) is 23.7 Å². The molecule has 0 spiro atoms. The summed E-state index contributed by atoms with van der Waals surface area (Å²) >= 11 is 12.0. The fourth-order valence-electron chi connectivity index (χ4n) is 3.30. The fourth-order valence-corrected chi connectivity index (χ4v) is 3.75. The number of hydrogen-bond acceptors (Lipinski definition) is 4. The number of morpholine rings is 1. The highest BCUT2D eigenvalue weighted by Crippen LogP contribution is 2.25. The zero-order chi connectivity index (χ0) is 21.5. The van der Waals surface area contributed by atoms with Crippen LogP contribution in [-0.2, 0) is 9.53 Å². The Morgan fingerprint density at radius 3 is 2.43 bits per heavy atom. The summed E-state index contributed by atoms with van der Waals surface area (Å²) < 4.78 is 5.38.